The summed E-state index contributed by atoms with van der Waals surface area (Å²) in [7, 11) is 0. The smallest absolute Gasteiger partial charge is 0.165 e. The number of hydrogen-bond donors (Lipinski definition) is 0. The first kappa shape index (κ1) is 20.5. The minimum absolute atomic E-state index is 0.910. The van der Waals surface area contributed by atoms with Gasteiger partial charge >= 0.3 is 0 Å². The summed E-state index contributed by atoms with van der Waals surface area (Å²) >= 11 is 0. The molecule has 0 saturated heterocycles. The van der Waals surface area contributed by atoms with Crippen LogP contribution in [0.5, 0.6) is 0 Å². The van der Waals surface area contributed by atoms with Crippen LogP contribution in [-0.2, 0) is 0 Å². The number of para-hydroxylation sites is 4. The quantitative estimate of drug-likeness (QED) is 0.222. The highest BCUT2D eigenvalue weighted by molar-refractivity contribution is 6.25. The maximum Gasteiger partial charge on any atom is 0.165 e. The average molecular weight is 509 g/mol. The summed E-state index contributed by atoms with van der Waals surface area (Å²) in [6, 6.07) is 43.5. The summed E-state index contributed by atoms with van der Waals surface area (Å²) in [4.78, 5) is 10.2. The molecule has 4 heterocycles. The lowest BCUT2D eigenvalue weighted by atomic mass is 10.1. The molecule has 0 radical (unpaired) electrons. The average Bonchev–Trinajstić information content (AvgIpc) is 3.63. The summed E-state index contributed by atoms with van der Waals surface area (Å²) in [6.45, 7) is 0. The van der Waals surface area contributed by atoms with Crippen LogP contribution in [0.3, 0.4) is 0 Å². The zero-order valence-corrected chi connectivity index (χ0v) is 21.3. The van der Waals surface area contributed by atoms with Gasteiger partial charge in [-0.1, -0.05) is 78.9 Å². The minimum atomic E-state index is 0.910. The highest BCUT2D eigenvalue weighted by Gasteiger charge is 2.22. The molecule has 0 unspecified atom stereocenters. The first-order chi connectivity index (χ1) is 19.8. The van der Waals surface area contributed by atoms with Crippen molar-refractivity contribution in [2.24, 2.45) is 0 Å². The molecule has 0 amide bonds. The van der Waals surface area contributed by atoms with E-state index in [0.29, 0.717) is 0 Å². The first-order valence-corrected chi connectivity index (χ1v) is 13.6. The molecule has 6 aromatic carbocycles. The van der Waals surface area contributed by atoms with Crippen LogP contribution in [0.2, 0.25) is 0 Å². The predicted molar refractivity (Wildman–Crippen MR) is 166 cm³/mol. The fraction of sp³-hybridized carbons (Fsp3) is 0. The lowest BCUT2D eigenvalue weighted by Crippen LogP contribution is -1.94. The zero-order valence-electron chi connectivity index (χ0n) is 21.3. The van der Waals surface area contributed by atoms with Gasteiger partial charge in [-0.3, -0.25) is 4.40 Å². The molecule has 10 aromatic rings. The van der Waals surface area contributed by atoms with Crippen molar-refractivity contribution in [1.29, 1.82) is 0 Å². The van der Waals surface area contributed by atoms with E-state index in [4.69, 9.17) is 9.97 Å². The second-order valence-electron chi connectivity index (χ2n) is 10.7. The van der Waals surface area contributed by atoms with E-state index in [2.05, 4.69) is 106 Å². The van der Waals surface area contributed by atoms with Crippen molar-refractivity contribution in [2.75, 3.05) is 0 Å². The summed E-state index contributed by atoms with van der Waals surface area (Å²) < 4.78 is 4.74. The number of nitrogens with zero attached hydrogens (tertiary/aromatic N) is 4. The number of fused-ring (bicyclic) bond motifs is 11. The molecule has 0 aliphatic rings. The molecule has 0 saturated carbocycles. The van der Waals surface area contributed by atoms with Crippen molar-refractivity contribution >= 4 is 82.0 Å². The second-order valence-corrected chi connectivity index (χ2v) is 10.7. The molecule has 4 aromatic heterocycles. The van der Waals surface area contributed by atoms with E-state index < -0.39 is 0 Å². The molecule has 0 atom stereocenters. The van der Waals surface area contributed by atoms with Gasteiger partial charge in [0, 0.05) is 32.6 Å². The molecule has 0 aliphatic carbocycles. The molecule has 4 nitrogen and oxygen atoms in total. The van der Waals surface area contributed by atoms with Gasteiger partial charge in [-0.15, -0.1) is 0 Å². The Kier molecular flexibility index (Phi) is 3.65. The van der Waals surface area contributed by atoms with E-state index in [1.165, 1.54) is 48.9 Å². The monoisotopic (exact) mass is 508 g/mol. The van der Waals surface area contributed by atoms with Crippen molar-refractivity contribution in [1.82, 2.24) is 18.9 Å². The number of aromatic nitrogens is 4. The van der Waals surface area contributed by atoms with Gasteiger partial charge < -0.3 is 4.57 Å². The van der Waals surface area contributed by atoms with Crippen molar-refractivity contribution in [3.8, 4) is 5.69 Å². The van der Waals surface area contributed by atoms with Gasteiger partial charge in [0.15, 0.2) is 5.65 Å². The summed E-state index contributed by atoms with van der Waals surface area (Å²) in [5.74, 6) is 0. The van der Waals surface area contributed by atoms with Crippen molar-refractivity contribution in [3.05, 3.63) is 121 Å². The fourth-order valence-electron chi connectivity index (χ4n) is 6.86. The van der Waals surface area contributed by atoms with Gasteiger partial charge in [-0.05, 0) is 53.2 Å². The first-order valence-electron chi connectivity index (χ1n) is 13.6. The van der Waals surface area contributed by atoms with Gasteiger partial charge in [-0.2, -0.15) is 0 Å². The molecule has 0 fully saturated rings. The molecule has 0 N–H and O–H groups in total. The minimum Gasteiger partial charge on any atom is -0.309 e. The Hall–Kier alpha value is -5.48. The summed E-state index contributed by atoms with van der Waals surface area (Å²) in [6.07, 6.45) is 0. The Morgan fingerprint density at radius 1 is 0.450 bits per heavy atom. The van der Waals surface area contributed by atoms with Crippen LogP contribution in [0.25, 0.3) is 87.7 Å². The molecule has 4 heteroatoms. The second kappa shape index (κ2) is 7.13. The van der Waals surface area contributed by atoms with Crippen LogP contribution in [0, 0.1) is 0 Å². The standard InChI is InChI=1S/C36H20N4/c1-2-9-22-18-23(17-16-21(22)8-1)39-31-15-6-3-10-24(31)27-19-28-25-11-7-12-26-34-36(38-30-14-5-4-13-29(30)37-34)40(35(25)26)33(28)20-32(27)39/h1-20H. The van der Waals surface area contributed by atoms with Crippen LogP contribution in [0.1, 0.15) is 0 Å². The Balaban J connectivity index is 1.41. The van der Waals surface area contributed by atoms with Crippen LogP contribution >= 0.6 is 0 Å². The van der Waals surface area contributed by atoms with Gasteiger partial charge in [0.25, 0.3) is 0 Å². The van der Waals surface area contributed by atoms with Crippen LogP contribution in [0.15, 0.2) is 121 Å². The topological polar surface area (TPSA) is 35.1 Å². The third kappa shape index (κ3) is 2.46. The normalized spacial score (nSPS) is 12.5. The lowest BCUT2D eigenvalue weighted by Gasteiger charge is -2.09. The van der Waals surface area contributed by atoms with Crippen molar-refractivity contribution in [3.63, 3.8) is 0 Å². The van der Waals surface area contributed by atoms with Gasteiger partial charge in [0.05, 0.1) is 33.1 Å². The number of benzene rings is 6. The van der Waals surface area contributed by atoms with E-state index in [9.17, 15) is 0 Å². The fourth-order valence-corrected chi connectivity index (χ4v) is 6.86. The van der Waals surface area contributed by atoms with E-state index in [1.807, 2.05) is 24.3 Å². The summed E-state index contributed by atoms with van der Waals surface area (Å²) in [5, 5.41) is 8.62. The van der Waals surface area contributed by atoms with Crippen molar-refractivity contribution in [2.45, 2.75) is 0 Å². The Labute approximate surface area is 227 Å². The van der Waals surface area contributed by atoms with Crippen molar-refractivity contribution < 1.29 is 0 Å². The number of hydrogen-bond acceptors (Lipinski definition) is 2. The molecule has 0 bridgehead atoms. The maximum atomic E-state index is 5.15. The molecule has 10 rings (SSSR count). The number of rotatable bonds is 1. The molecular weight excluding hydrogens is 488 g/mol. The van der Waals surface area contributed by atoms with E-state index in [1.54, 1.807) is 0 Å². The third-order valence-corrected chi connectivity index (χ3v) is 8.59. The molecular formula is C36H20N4. The largest absolute Gasteiger partial charge is 0.309 e. The predicted octanol–water partition coefficient (Wildman–Crippen LogP) is 9.03. The molecule has 0 spiro atoms. The third-order valence-electron chi connectivity index (χ3n) is 8.59. The van der Waals surface area contributed by atoms with Crippen LogP contribution < -0.4 is 0 Å². The van der Waals surface area contributed by atoms with E-state index in [-0.39, 0.29) is 0 Å². The molecule has 40 heavy (non-hydrogen) atoms. The zero-order chi connectivity index (χ0) is 25.9. The highest BCUT2D eigenvalue weighted by Crippen LogP contribution is 2.42. The molecule has 184 valence electrons. The lowest BCUT2D eigenvalue weighted by molar-refractivity contribution is 1.18. The Bertz CT molecular complexity index is 2660. The van der Waals surface area contributed by atoms with E-state index in [0.717, 1.165) is 38.8 Å². The Morgan fingerprint density at radius 3 is 2.10 bits per heavy atom. The van der Waals surface area contributed by atoms with Gasteiger partial charge in [0.2, 0.25) is 0 Å². The van der Waals surface area contributed by atoms with Crippen LogP contribution in [-0.4, -0.2) is 18.9 Å². The molecule has 0 aliphatic heterocycles. The Morgan fingerprint density at radius 2 is 1.18 bits per heavy atom. The maximum absolute atomic E-state index is 5.15. The summed E-state index contributed by atoms with van der Waals surface area (Å²) in [5.41, 5.74) is 9.60. The van der Waals surface area contributed by atoms with E-state index >= 15 is 0 Å². The highest BCUT2D eigenvalue weighted by atomic mass is 15.0. The van der Waals surface area contributed by atoms with Gasteiger partial charge in [-0.25, -0.2) is 9.97 Å². The van der Waals surface area contributed by atoms with Crippen LogP contribution in [0.4, 0.5) is 0 Å². The van der Waals surface area contributed by atoms with Gasteiger partial charge in [0.1, 0.15) is 5.52 Å². The SMILES string of the molecule is c1ccc2cc(-n3c4ccccc4c4cc5c6cccc7c8nc9ccccc9nc8n(c5cc43)c67)ccc2c1.